The molecule has 2 aromatic rings. The van der Waals surface area contributed by atoms with Gasteiger partial charge in [0.15, 0.2) is 0 Å². The molecule has 0 saturated carbocycles. The molecule has 4 heteroatoms. The van der Waals surface area contributed by atoms with Crippen molar-refractivity contribution in [3.05, 3.63) is 57.8 Å². The Labute approximate surface area is 104 Å². The zero-order valence-electron chi connectivity index (χ0n) is 9.42. The average molecular weight is 247 g/mol. The van der Waals surface area contributed by atoms with E-state index in [4.69, 9.17) is 5.73 Å². The van der Waals surface area contributed by atoms with Crippen LogP contribution in [0.25, 0.3) is 0 Å². The van der Waals surface area contributed by atoms with Gasteiger partial charge in [0.1, 0.15) is 0 Å². The number of carbonyl (C=O) groups is 1. The van der Waals surface area contributed by atoms with Gasteiger partial charge < -0.3 is 10.5 Å². The molecule has 1 aromatic carbocycles. The summed E-state index contributed by atoms with van der Waals surface area (Å²) in [5.41, 5.74) is 7.57. The van der Waals surface area contributed by atoms with Crippen molar-refractivity contribution in [2.45, 2.75) is 6.04 Å². The molecule has 0 aliphatic heterocycles. The Morgan fingerprint density at radius 3 is 2.82 bits per heavy atom. The minimum atomic E-state index is -0.342. The lowest BCUT2D eigenvalue weighted by atomic mass is 10.0. The topological polar surface area (TPSA) is 52.3 Å². The van der Waals surface area contributed by atoms with E-state index in [2.05, 4.69) is 4.74 Å². The highest BCUT2D eigenvalue weighted by Crippen LogP contribution is 2.24. The molecule has 0 aliphatic carbocycles. The van der Waals surface area contributed by atoms with Crippen molar-refractivity contribution in [2.75, 3.05) is 7.11 Å². The largest absolute Gasteiger partial charge is 0.465 e. The SMILES string of the molecule is COC(=O)c1cccc([C@H](N)c2cccs2)c1. The lowest BCUT2D eigenvalue weighted by Crippen LogP contribution is -2.11. The van der Waals surface area contributed by atoms with Gasteiger partial charge in [-0.2, -0.15) is 0 Å². The quantitative estimate of drug-likeness (QED) is 0.848. The third-order valence-corrected chi connectivity index (χ3v) is 3.47. The number of hydrogen-bond acceptors (Lipinski definition) is 4. The van der Waals surface area contributed by atoms with Gasteiger partial charge in [-0.3, -0.25) is 0 Å². The van der Waals surface area contributed by atoms with Crippen LogP contribution in [0.4, 0.5) is 0 Å². The molecule has 1 atom stereocenters. The van der Waals surface area contributed by atoms with Crippen molar-refractivity contribution >= 4 is 17.3 Å². The summed E-state index contributed by atoms with van der Waals surface area (Å²) in [6, 6.07) is 11.0. The van der Waals surface area contributed by atoms with Gasteiger partial charge in [0.25, 0.3) is 0 Å². The Morgan fingerprint density at radius 2 is 2.18 bits per heavy atom. The van der Waals surface area contributed by atoms with Crippen LogP contribution >= 0.6 is 11.3 Å². The van der Waals surface area contributed by atoms with Gasteiger partial charge in [-0.05, 0) is 29.1 Å². The smallest absolute Gasteiger partial charge is 0.337 e. The van der Waals surface area contributed by atoms with Crippen LogP contribution in [0.2, 0.25) is 0 Å². The fourth-order valence-electron chi connectivity index (χ4n) is 1.61. The summed E-state index contributed by atoms with van der Waals surface area (Å²) in [6.45, 7) is 0. The number of carbonyl (C=O) groups excluding carboxylic acids is 1. The fraction of sp³-hybridized carbons (Fsp3) is 0.154. The highest BCUT2D eigenvalue weighted by Gasteiger charge is 2.12. The first-order chi connectivity index (χ1) is 8.22. The second-order valence-corrected chi connectivity index (χ2v) is 4.59. The molecule has 0 aliphatic rings. The maximum absolute atomic E-state index is 11.4. The molecule has 17 heavy (non-hydrogen) atoms. The molecule has 0 spiro atoms. The van der Waals surface area contributed by atoms with E-state index in [1.165, 1.54) is 7.11 Å². The minimum Gasteiger partial charge on any atom is -0.465 e. The second-order valence-electron chi connectivity index (χ2n) is 3.61. The van der Waals surface area contributed by atoms with Crippen LogP contribution < -0.4 is 5.73 Å². The van der Waals surface area contributed by atoms with Gasteiger partial charge in [-0.1, -0.05) is 18.2 Å². The number of rotatable bonds is 3. The highest BCUT2D eigenvalue weighted by atomic mass is 32.1. The molecular weight excluding hydrogens is 234 g/mol. The lowest BCUT2D eigenvalue weighted by Gasteiger charge is -2.10. The van der Waals surface area contributed by atoms with Gasteiger partial charge in [0, 0.05) is 4.88 Å². The van der Waals surface area contributed by atoms with Crippen LogP contribution in [0.15, 0.2) is 41.8 Å². The minimum absolute atomic E-state index is 0.195. The van der Waals surface area contributed by atoms with Crippen LogP contribution in [0.5, 0.6) is 0 Å². The van der Waals surface area contributed by atoms with Crippen LogP contribution in [0.1, 0.15) is 26.8 Å². The number of ether oxygens (including phenoxy) is 1. The number of esters is 1. The van der Waals surface area contributed by atoms with Crippen LogP contribution in [-0.2, 0) is 4.74 Å². The second kappa shape index (κ2) is 5.12. The molecule has 0 radical (unpaired) electrons. The van der Waals surface area contributed by atoms with Gasteiger partial charge in [0.05, 0.1) is 18.7 Å². The molecule has 2 rings (SSSR count). The first kappa shape index (κ1) is 11.8. The maximum atomic E-state index is 11.4. The fourth-order valence-corrected chi connectivity index (χ4v) is 2.36. The number of benzene rings is 1. The monoisotopic (exact) mass is 247 g/mol. The molecule has 0 amide bonds. The van der Waals surface area contributed by atoms with E-state index < -0.39 is 0 Å². The molecule has 88 valence electrons. The molecule has 0 saturated heterocycles. The van der Waals surface area contributed by atoms with Gasteiger partial charge in [-0.15, -0.1) is 11.3 Å². The van der Waals surface area contributed by atoms with Crippen molar-refractivity contribution in [2.24, 2.45) is 5.73 Å². The van der Waals surface area contributed by atoms with Crippen LogP contribution in [0.3, 0.4) is 0 Å². The van der Waals surface area contributed by atoms with Gasteiger partial charge >= 0.3 is 5.97 Å². The predicted octanol–water partition coefficient (Wildman–Crippen LogP) is 2.58. The Bertz CT molecular complexity index is 508. The average Bonchev–Trinajstić information content (AvgIpc) is 2.91. The predicted molar refractivity (Wildman–Crippen MR) is 68.1 cm³/mol. The molecular formula is C13H13NO2S. The Hall–Kier alpha value is -1.65. The van der Waals surface area contributed by atoms with Crippen molar-refractivity contribution < 1.29 is 9.53 Å². The van der Waals surface area contributed by atoms with E-state index in [0.29, 0.717) is 5.56 Å². The zero-order valence-corrected chi connectivity index (χ0v) is 10.2. The van der Waals surface area contributed by atoms with Crippen molar-refractivity contribution in [3.63, 3.8) is 0 Å². The molecule has 0 unspecified atom stereocenters. The maximum Gasteiger partial charge on any atom is 0.337 e. The van der Waals surface area contributed by atoms with Crippen molar-refractivity contribution in [1.82, 2.24) is 0 Å². The van der Waals surface area contributed by atoms with Gasteiger partial charge in [0.2, 0.25) is 0 Å². The van der Waals surface area contributed by atoms with Crippen molar-refractivity contribution in [1.29, 1.82) is 0 Å². The number of nitrogens with two attached hydrogens (primary N) is 1. The Morgan fingerprint density at radius 1 is 1.35 bits per heavy atom. The third-order valence-electron chi connectivity index (χ3n) is 2.52. The highest BCUT2D eigenvalue weighted by molar-refractivity contribution is 7.10. The summed E-state index contributed by atoms with van der Waals surface area (Å²) in [4.78, 5) is 12.5. The molecule has 3 nitrogen and oxygen atoms in total. The molecule has 1 aromatic heterocycles. The lowest BCUT2D eigenvalue weighted by molar-refractivity contribution is 0.0600. The first-order valence-electron chi connectivity index (χ1n) is 5.19. The van der Waals surface area contributed by atoms with E-state index in [1.54, 1.807) is 23.5 Å². The summed E-state index contributed by atoms with van der Waals surface area (Å²) < 4.78 is 4.68. The van der Waals surface area contributed by atoms with E-state index in [9.17, 15) is 4.79 Å². The molecule has 0 bridgehead atoms. The summed E-state index contributed by atoms with van der Waals surface area (Å²) >= 11 is 1.60. The molecule has 1 heterocycles. The van der Waals surface area contributed by atoms with E-state index >= 15 is 0 Å². The zero-order chi connectivity index (χ0) is 12.3. The number of methoxy groups -OCH3 is 1. The van der Waals surface area contributed by atoms with E-state index in [-0.39, 0.29) is 12.0 Å². The van der Waals surface area contributed by atoms with Gasteiger partial charge in [-0.25, -0.2) is 4.79 Å². The Kier molecular flexibility index (Phi) is 3.56. The van der Waals surface area contributed by atoms with Crippen molar-refractivity contribution in [3.8, 4) is 0 Å². The summed E-state index contributed by atoms with van der Waals surface area (Å²) in [5, 5.41) is 1.99. The summed E-state index contributed by atoms with van der Waals surface area (Å²) in [7, 11) is 1.37. The summed E-state index contributed by atoms with van der Waals surface area (Å²) in [6.07, 6.45) is 0. The normalized spacial score (nSPS) is 12.1. The standard InChI is InChI=1S/C13H13NO2S/c1-16-13(15)10-5-2-4-9(8-10)12(14)11-6-3-7-17-11/h2-8,12H,14H2,1H3/t12-/m0/s1. The first-order valence-corrected chi connectivity index (χ1v) is 6.07. The number of hydrogen-bond donors (Lipinski definition) is 1. The van der Waals surface area contributed by atoms with Crippen LogP contribution in [0, 0.1) is 0 Å². The van der Waals surface area contributed by atoms with E-state index in [1.807, 2.05) is 29.6 Å². The third kappa shape index (κ3) is 2.54. The van der Waals surface area contributed by atoms with Crippen LogP contribution in [-0.4, -0.2) is 13.1 Å². The summed E-state index contributed by atoms with van der Waals surface area (Å²) in [5.74, 6) is -0.342. The molecule has 0 fully saturated rings. The molecule has 2 N–H and O–H groups in total. The Balaban J connectivity index is 2.30. The van der Waals surface area contributed by atoms with E-state index in [0.717, 1.165) is 10.4 Å². The number of thiophene rings is 1.